The molecule has 0 bridgehead atoms. The first-order valence-corrected chi connectivity index (χ1v) is 4.13. The van der Waals surface area contributed by atoms with Crippen LogP contribution in [0, 0.1) is 11.6 Å². The Labute approximate surface area is 84.2 Å². The van der Waals surface area contributed by atoms with Gasteiger partial charge < -0.3 is 15.5 Å². The van der Waals surface area contributed by atoms with Crippen molar-refractivity contribution in [1.82, 2.24) is 5.32 Å². The highest BCUT2D eigenvalue weighted by Crippen LogP contribution is 2.21. The van der Waals surface area contributed by atoms with Crippen molar-refractivity contribution in [3.63, 3.8) is 0 Å². The summed E-state index contributed by atoms with van der Waals surface area (Å²) in [6.45, 7) is -0.385. The van der Waals surface area contributed by atoms with Gasteiger partial charge in [-0.25, -0.2) is 8.78 Å². The van der Waals surface area contributed by atoms with E-state index in [1.165, 1.54) is 0 Å². The topological polar surface area (TPSA) is 69.6 Å². The molecule has 6 heteroatoms. The minimum Gasteiger partial charge on any atom is -0.507 e. The summed E-state index contributed by atoms with van der Waals surface area (Å²) in [6, 6.07) is 1.13. The summed E-state index contributed by atoms with van der Waals surface area (Å²) in [4.78, 5) is 11.2. The van der Waals surface area contributed by atoms with Crippen LogP contribution in [0.4, 0.5) is 8.78 Å². The van der Waals surface area contributed by atoms with Crippen LogP contribution in [0.5, 0.6) is 5.75 Å². The molecule has 1 rings (SSSR count). The standard InChI is InChI=1S/C9H9F2NO3/c10-5-3-6(11)8(7(14)4-5)9(15)12-1-2-13/h3-4,13-14H,1-2H2,(H,12,15). The first-order valence-electron chi connectivity index (χ1n) is 4.13. The van der Waals surface area contributed by atoms with Gasteiger partial charge in [0.25, 0.3) is 5.91 Å². The number of carbonyl (C=O) groups is 1. The van der Waals surface area contributed by atoms with E-state index in [0.717, 1.165) is 0 Å². The summed E-state index contributed by atoms with van der Waals surface area (Å²) in [7, 11) is 0. The average molecular weight is 217 g/mol. The lowest BCUT2D eigenvalue weighted by Crippen LogP contribution is -2.27. The van der Waals surface area contributed by atoms with E-state index < -0.39 is 28.9 Å². The second-order valence-corrected chi connectivity index (χ2v) is 2.76. The Balaban J connectivity index is 2.98. The molecule has 0 aromatic heterocycles. The Morgan fingerprint density at radius 2 is 2.07 bits per heavy atom. The van der Waals surface area contributed by atoms with Crippen molar-refractivity contribution in [3.05, 3.63) is 29.3 Å². The van der Waals surface area contributed by atoms with Crippen LogP contribution >= 0.6 is 0 Å². The van der Waals surface area contributed by atoms with Crippen LogP contribution in [-0.4, -0.2) is 29.3 Å². The number of carbonyl (C=O) groups excluding carboxylic acids is 1. The Bertz CT molecular complexity index is 359. The fraction of sp³-hybridized carbons (Fsp3) is 0.222. The van der Waals surface area contributed by atoms with Gasteiger partial charge in [0.1, 0.15) is 22.9 Å². The summed E-state index contributed by atoms with van der Waals surface area (Å²) in [5.41, 5.74) is -0.634. The van der Waals surface area contributed by atoms with Crippen molar-refractivity contribution in [1.29, 1.82) is 0 Å². The number of aromatic hydroxyl groups is 1. The number of aliphatic hydroxyl groups is 1. The molecule has 4 nitrogen and oxygen atoms in total. The smallest absolute Gasteiger partial charge is 0.258 e. The Morgan fingerprint density at radius 3 is 2.60 bits per heavy atom. The van der Waals surface area contributed by atoms with Crippen LogP contribution in [0.1, 0.15) is 10.4 Å². The Hall–Kier alpha value is -1.69. The van der Waals surface area contributed by atoms with Crippen LogP contribution in [0.3, 0.4) is 0 Å². The molecule has 3 N–H and O–H groups in total. The third kappa shape index (κ3) is 2.63. The molecule has 0 unspecified atom stereocenters. The zero-order valence-corrected chi connectivity index (χ0v) is 7.63. The maximum absolute atomic E-state index is 13.1. The van der Waals surface area contributed by atoms with Gasteiger partial charge in [0.2, 0.25) is 0 Å². The molecule has 0 saturated heterocycles. The molecule has 1 aromatic rings. The van der Waals surface area contributed by atoms with Crippen molar-refractivity contribution >= 4 is 5.91 Å². The van der Waals surface area contributed by atoms with Gasteiger partial charge in [-0.1, -0.05) is 0 Å². The van der Waals surface area contributed by atoms with E-state index in [1.807, 2.05) is 0 Å². The summed E-state index contributed by atoms with van der Waals surface area (Å²) in [6.07, 6.45) is 0. The van der Waals surface area contributed by atoms with Crippen molar-refractivity contribution in [2.45, 2.75) is 0 Å². The van der Waals surface area contributed by atoms with Gasteiger partial charge in [-0.15, -0.1) is 0 Å². The molecule has 0 fully saturated rings. The van der Waals surface area contributed by atoms with Crippen molar-refractivity contribution in [2.75, 3.05) is 13.2 Å². The number of hydrogen-bond acceptors (Lipinski definition) is 3. The molecule has 0 aliphatic carbocycles. The maximum atomic E-state index is 13.1. The average Bonchev–Trinajstić information content (AvgIpc) is 2.12. The Morgan fingerprint density at radius 1 is 1.40 bits per heavy atom. The summed E-state index contributed by atoms with van der Waals surface area (Å²) >= 11 is 0. The highest BCUT2D eigenvalue weighted by Gasteiger charge is 2.17. The molecule has 0 aliphatic heterocycles. The lowest BCUT2D eigenvalue weighted by atomic mass is 10.1. The molecule has 0 heterocycles. The minimum absolute atomic E-state index is 0.0743. The van der Waals surface area contributed by atoms with Crippen LogP contribution in [-0.2, 0) is 0 Å². The minimum atomic E-state index is -1.15. The maximum Gasteiger partial charge on any atom is 0.258 e. The predicted molar refractivity (Wildman–Crippen MR) is 47.4 cm³/mol. The predicted octanol–water partition coefficient (Wildman–Crippen LogP) is 0.393. The van der Waals surface area contributed by atoms with Crippen molar-refractivity contribution in [2.24, 2.45) is 0 Å². The van der Waals surface area contributed by atoms with Gasteiger partial charge in [-0.3, -0.25) is 4.79 Å². The van der Waals surface area contributed by atoms with Crippen LogP contribution in [0.2, 0.25) is 0 Å². The monoisotopic (exact) mass is 217 g/mol. The number of rotatable bonds is 3. The molecule has 82 valence electrons. The number of halogens is 2. The van der Waals surface area contributed by atoms with E-state index in [4.69, 9.17) is 10.2 Å². The zero-order chi connectivity index (χ0) is 11.4. The van der Waals surface area contributed by atoms with Crippen LogP contribution in [0.25, 0.3) is 0 Å². The first kappa shape index (κ1) is 11.4. The summed E-state index contributed by atoms with van der Waals surface area (Å²) in [5.74, 6) is -3.80. The number of phenolic OH excluding ortho intramolecular Hbond substituents is 1. The number of phenols is 1. The van der Waals surface area contributed by atoms with E-state index in [0.29, 0.717) is 12.1 Å². The number of amides is 1. The largest absolute Gasteiger partial charge is 0.507 e. The fourth-order valence-electron chi connectivity index (χ4n) is 1.04. The van der Waals surface area contributed by atoms with Crippen LogP contribution in [0.15, 0.2) is 12.1 Å². The van der Waals surface area contributed by atoms with Crippen LogP contribution < -0.4 is 5.32 Å². The third-order valence-electron chi connectivity index (χ3n) is 1.66. The van der Waals surface area contributed by atoms with Gasteiger partial charge in [0.15, 0.2) is 0 Å². The molecular weight excluding hydrogens is 208 g/mol. The first-order chi connectivity index (χ1) is 7.06. The second-order valence-electron chi connectivity index (χ2n) is 2.76. The molecule has 0 aliphatic rings. The fourth-order valence-corrected chi connectivity index (χ4v) is 1.04. The molecular formula is C9H9F2NO3. The molecule has 0 spiro atoms. The molecule has 1 amide bonds. The number of benzene rings is 1. The second kappa shape index (κ2) is 4.70. The third-order valence-corrected chi connectivity index (χ3v) is 1.66. The van der Waals surface area contributed by atoms with Crippen molar-refractivity contribution in [3.8, 4) is 5.75 Å². The van der Waals surface area contributed by atoms with E-state index in [-0.39, 0.29) is 13.2 Å². The highest BCUT2D eigenvalue weighted by atomic mass is 19.1. The van der Waals surface area contributed by atoms with E-state index >= 15 is 0 Å². The van der Waals surface area contributed by atoms with Gasteiger partial charge >= 0.3 is 0 Å². The number of aliphatic hydroxyl groups excluding tert-OH is 1. The quantitative estimate of drug-likeness (QED) is 0.686. The molecule has 0 atom stereocenters. The number of nitrogens with one attached hydrogen (secondary N) is 1. The normalized spacial score (nSPS) is 10.1. The molecule has 0 saturated carbocycles. The lowest BCUT2D eigenvalue weighted by molar-refractivity contribution is 0.0937. The summed E-state index contributed by atoms with van der Waals surface area (Å²) < 4.78 is 25.6. The van der Waals surface area contributed by atoms with E-state index in [9.17, 15) is 13.6 Å². The zero-order valence-electron chi connectivity index (χ0n) is 7.63. The molecule has 15 heavy (non-hydrogen) atoms. The van der Waals surface area contributed by atoms with Gasteiger partial charge in [0, 0.05) is 18.7 Å². The highest BCUT2D eigenvalue weighted by molar-refractivity contribution is 5.97. The molecule has 1 aromatic carbocycles. The molecule has 0 radical (unpaired) electrons. The van der Waals surface area contributed by atoms with E-state index in [1.54, 1.807) is 0 Å². The SMILES string of the molecule is O=C(NCCO)c1c(O)cc(F)cc1F. The van der Waals surface area contributed by atoms with E-state index in [2.05, 4.69) is 5.32 Å². The summed E-state index contributed by atoms with van der Waals surface area (Å²) in [5, 5.41) is 19.7. The van der Waals surface area contributed by atoms with Crippen molar-refractivity contribution < 1.29 is 23.8 Å². The number of hydrogen-bond donors (Lipinski definition) is 3. The lowest BCUT2D eigenvalue weighted by Gasteiger charge is -2.06. The van der Waals surface area contributed by atoms with Gasteiger partial charge in [0.05, 0.1) is 6.61 Å². The van der Waals surface area contributed by atoms with Gasteiger partial charge in [-0.2, -0.15) is 0 Å². The Kier molecular flexibility index (Phi) is 3.56. The van der Waals surface area contributed by atoms with Gasteiger partial charge in [-0.05, 0) is 0 Å².